The van der Waals surface area contributed by atoms with Gasteiger partial charge in [0, 0.05) is 17.7 Å². The smallest absolute Gasteiger partial charge is 0.201 e. The van der Waals surface area contributed by atoms with Crippen molar-refractivity contribution in [3.8, 4) is 16.9 Å². The molecule has 4 rings (SSSR count). The molecular formula is C27H30F4O2. The molecule has 4 atom stereocenters. The van der Waals surface area contributed by atoms with E-state index in [1.54, 1.807) is 0 Å². The Balaban J connectivity index is 1.54. The van der Waals surface area contributed by atoms with E-state index in [0.29, 0.717) is 23.5 Å². The standard InChI is InChI=1S/C27H30F4O2/c1-3-13-33-23-12-11-22(26(30)27(23)31)21-10-9-20(24(28)25(21)29)18-6-5-17-15-19(32-4-2)8-7-16(17)14-18/h3,9-12,16-19H,1,4-8,13-15H2,2H3. The first-order valence-electron chi connectivity index (χ1n) is 11.8. The van der Waals surface area contributed by atoms with Crippen molar-refractivity contribution in [1.29, 1.82) is 0 Å². The molecule has 0 radical (unpaired) electrons. The van der Waals surface area contributed by atoms with Gasteiger partial charge in [0.25, 0.3) is 0 Å². The van der Waals surface area contributed by atoms with Gasteiger partial charge in [-0.1, -0.05) is 24.8 Å². The second kappa shape index (κ2) is 10.3. The third kappa shape index (κ3) is 4.81. The van der Waals surface area contributed by atoms with Gasteiger partial charge in [0.05, 0.1) is 6.10 Å². The Morgan fingerprint density at radius 2 is 1.52 bits per heavy atom. The Hall–Kier alpha value is -2.34. The van der Waals surface area contributed by atoms with Crippen molar-refractivity contribution >= 4 is 0 Å². The van der Waals surface area contributed by atoms with E-state index in [9.17, 15) is 8.78 Å². The molecule has 178 valence electrons. The molecule has 0 spiro atoms. The fourth-order valence-corrected chi connectivity index (χ4v) is 5.60. The average molecular weight is 463 g/mol. The van der Waals surface area contributed by atoms with Crippen molar-refractivity contribution in [2.75, 3.05) is 13.2 Å². The molecule has 0 heterocycles. The summed E-state index contributed by atoms with van der Waals surface area (Å²) in [6.07, 6.45) is 7.37. The molecule has 2 aliphatic rings. The van der Waals surface area contributed by atoms with Gasteiger partial charge in [-0.15, -0.1) is 0 Å². The van der Waals surface area contributed by atoms with Gasteiger partial charge in [-0.05, 0) is 80.9 Å². The van der Waals surface area contributed by atoms with Gasteiger partial charge in [-0.25, -0.2) is 13.2 Å². The Bertz CT molecular complexity index is 1010. The van der Waals surface area contributed by atoms with E-state index in [1.807, 2.05) is 6.92 Å². The summed E-state index contributed by atoms with van der Waals surface area (Å²) in [6.45, 7) is 6.19. The zero-order valence-corrected chi connectivity index (χ0v) is 18.9. The van der Waals surface area contributed by atoms with Crippen LogP contribution in [0, 0.1) is 35.1 Å². The Morgan fingerprint density at radius 3 is 2.24 bits per heavy atom. The molecule has 4 unspecified atom stereocenters. The fourth-order valence-electron chi connectivity index (χ4n) is 5.60. The van der Waals surface area contributed by atoms with E-state index < -0.39 is 23.3 Å². The fraction of sp³-hybridized carbons (Fsp3) is 0.481. The summed E-state index contributed by atoms with van der Waals surface area (Å²) in [5.74, 6) is -3.94. The van der Waals surface area contributed by atoms with Gasteiger partial charge >= 0.3 is 0 Å². The van der Waals surface area contributed by atoms with E-state index in [-0.39, 0.29) is 29.4 Å². The molecule has 6 heteroatoms. The van der Waals surface area contributed by atoms with E-state index in [0.717, 1.165) is 45.1 Å². The predicted molar refractivity (Wildman–Crippen MR) is 120 cm³/mol. The number of rotatable bonds is 7. The molecule has 0 N–H and O–H groups in total. The van der Waals surface area contributed by atoms with Crippen LogP contribution in [0.1, 0.15) is 56.9 Å². The van der Waals surface area contributed by atoms with Gasteiger partial charge in [0.15, 0.2) is 23.2 Å². The summed E-state index contributed by atoms with van der Waals surface area (Å²) in [7, 11) is 0. The number of hydrogen-bond acceptors (Lipinski definition) is 2. The summed E-state index contributed by atoms with van der Waals surface area (Å²) in [5.41, 5.74) is -0.304. The summed E-state index contributed by atoms with van der Waals surface area (Å²) in [5, 5.41) is 0. The molecule has 0 saturated heterocycles. The van der Waals surface area contributed by atoms with Crippen LogP contribution in [0.2, 0.25) is 0 Å². The number of benzene rings is 2. The average Bonchev–Trinajstić information content (AvgIpc) is 2.82. The molecule has 2 nitrogen and oxygen atoms in total. The van der Waals surface area contributed by atoms with Crippen LogP contribution in [0.25, 0.3) is 11.1 Å². The first-order valence-corrected chi connectivity index (χ1v) is 11.8. The van der Waals surface area contributed by atoms with Crippen LogP contribution in [0.3, 0.4) is 0 Å². The Morgan fingerprint density at radius 1 is 0.848 bits per heavy atom. The minimum Gasteiger partial charge on any atom is -0.486 e. The lowest BCUT2D eigenvalue weighted by molar-refractivity contribution is -0.00970. The first kappa shape index (κ1) is 23.8. The summed E-state index contributed by atoms with van der Waals surface area (Å²) in [6, 6.07) is 5.30. The molecule has 0 aliphatic heterocycles. The maximum atomic E-state index is 15.1. The summed E-state index contributed by atoms with van der Waals surface area (Å²) >= 11 is 0. The molecule has 2 aromatic carbocycles. The van der Waals surface area contributed by atoms with E-state index >= 15 is 8.78 Å². The van der Waals surface area contributed by atoms with Crippen LogP contribution < -0.4 is 4.74 Å². The molecule has 0 bridgehead atoms. The van der Waals surface area contributed by atoms with Crippen molar-refractivity contribution in [3.63, 3.8) is 0 Å². The van der Waals surface area contributed by atoms with Crippen molar-refractivity contribution in [1.82, 2.24) is 0 Å². The molecule has 0 aromatic heterocycles. The first-order chi connectivity index (χ1) is 15.9. The van der Waals surface area contributed by atoms with Crippen molar-refractivity contribution in [3.05, 3.63) is 65.8 Å². The van der Waals surface area contributed by atoms with Crippen LogP contribution >= 0.6 is 0 Å². The van der Waals surface area contributed by atoms with Gasteiger partial charge < -0.3 is 9.47 Å². The van der Waals surface area contributed by atoms with E-state index in [1.165, 1.54) is 30.3 Å². The highest BCUT2D eigenvalue weighted by Gasteiger charge is 2.37. The van der Waals surface area contributed by atoms with Crippen LogP contribution in [-0.2, 0) is 4.74 Å². The van der Waals surface area contributed by atoms with Crippen molar-refractivity contribution in [2.24, 2.45) is 11.8 Å². The zero-order chi connectivity index (χ0) is 23.5. The van der Waals surface area contributed by atoms with Crippen LogP contribution in [-0.4, -0.2) is 19.3 Å². The quantitative estimate of drug-likeness (QED) is 0.312. The Labute approximate surface area is 192 Å². The minimum atomic E-state index is -1.27. The molecule has 2 aromatic rings. The lowest BCUT2D eigenvalue weighted by Gasteiger charge is -2.42. The van der Waals surface area contributed by atoms with Crippen molar-refractivity contribution < 1.29 is 27.0 Å². The molecule has 2 saturated carbocycles. The summed E-state index contributed by atoms with van der Waals surface area (Å²) in [4.78, 5) is 0. The zero-order valence-electron chi connectivity index (χ0n) is 18.9. The second-order valence-electron chi connectivity index (χ2n) is 9.09. The maximum absolute atomic E-state index is 15.1. The second-order valence-corrected chi connectivity index (χ2v) is 9.09. The molecule has 2 fully saturated rings. The largest absolute Gasteiger partial charge is 0.486 e. The SMILES string of the molecule is C=CCOc1ccc(-c2ccc(C3CCC4CC(OCC)CCC4C3)c(F)c2F)c(F)c1F. The lowest BCUT2D eigenvalue weighted by atomic mass is 9.65. The number of ether oxygens (including phenoxy) is 2. The Kier molecular flexibility index (Phi) is 7.42. The highest BCUT2D eigenvalue weighted by atomic mass is 19.2. The maximum Gasteiger partial charge on any atom is 0.201 e. The van der Waals surface area contributed by atoms with Crippen LogP contribution in [0.15, 0.2) is 36.9 Å². The van der Waals surface area contributed by atoms with Gasteiger partial charge in [-0.2, -0.15) is 4.39 Å². The molecule has 0 amide bonds. The summed E-state index contributed by atoms with van der Waals surface area (Å²) < 4.78 is 70.1. The number of halogens is 4. The van der Waals surface area contributed by atoms with Gasteiger partial charge in [-0.3, -0.25) is 0 Å². The van der Waals surface area contributed by atoms with E-state index in [2.05, 4.69) is 6.58 Å². The molecule has 33 heavy (non-hydrogen) atoms. The highest BCUT2D eigenvalue weighted by Crippen LogP contribution is 2.47. The van der Waals surface area contributed by atoms with Gasteiger partial charge in [0.1, 0.15) is 6.61 Å². The number of hydrogen-bond donors (Lipinski definition) is 0. The van der Waals surface area contributed by atoms with Crippen molar-refractivity contribution in [2.45, 2.75) is 57.5 Å². The normalized spacial score (nSPS) is 24.9. The molecular weight excluding hydrogens is 432 g/mol. The third-order valence-corrected chi connectivity index (χ3v) is 7.21. The topological polar surface area (TPSA) is 18.5 Å². The lowest BCUT2D eigenvalue weighted by Crippen LogP contribution is -2.34. The molecule has 2 aliphatic carbocycles. The van der Waals surface area contributed by atoms with Gasteiger partial charge in [0.2, 0.25) is 5.82 Å². The monoisotopic (exact) mass is 462 g/mol. The minimum absolute atomic E-state index is 0.00289. The van der Waals surface area contributed by atoms with Crippen LogP contribution in [0.5, 0.6) is 5.75 Å². The predicted octanol–water partition coefficient (Wildman–Crippen LogP) is 7.56. The number of fused-ring (bicyclic) bond motifs is 1. The highest BCUT2D eigenvalue weighted by molar-refractivity contribution is 5.66. The third-order valence-electron chi connectivity index (χ3n) is 7.21. The van der Waals surface area contributed by atoms with E-state index in [4.69, 9.17) is 9.47 Å². The van der Waals surface area contributed by atoms with Crippen LogP contribution in [0.4, 0.5) is 17.6 Å².